The van der Waals surface area contributed by atoms with Crippen LogP contribution in [0, 0.1) is 18.8 Å². The molecule has 2 radical (unpaired) electrons. The van der Waals surface area contributed by atoms with Crippen LogP contribution in [0.15, 0.2) is 4.79 Å². The first-order chi connectivity index (χ1) is 35.8. The molecule has 6 N–H and O–H groups in total. The molecule has 0 aliphatic heterocycles. The van der Waals surface area contributed by atoms with Crippen molar-refractivity contribution in [2.75, 3.05) is 25.1 Å². The van der Waals surface area contributed by atoms with Crippen LogP contribution in [-0.2, 0) is 86.0 Å². The molecule has 440 valence electrons. The number of aryl methyl sites for hydroxylation is 1. The summed E-state index contributed by atoms with van der Waals surface area (Å²) in [6, 6.07) is -1.09. The summed E-state index contributed by atoms with van der Waals surface area (Å²) < 4.78 is 14.4. The summed E-state index contributed by atoms with van der Waals surface area (Å²) in [6.45, 7) is 11.4. The van der Waals surface area contributed by atoms with Crippen LogP contribution in [0.1, 0.15) is 296 Å². The summed E-state index contributed by atoms with van der Waals surface area (Å²) in [5, 5.41) is 2.03. The van der Waals surface area contributed by atoms with Gasteiger partial charge in [0.15, 0.2) is 6.03 Å². The number of aromatic amines is 1. The van der Waals surface area contributed by atoms with Crippen molar-refractivity contribution >= 4 is 30.3 Å². The number of unbranched alkanes of at least 4 members (excludes halogenated alkanes) is 32. The molecule has 2 atom stereocenters. The Kier molecular flexibility index (Phi) is 66.2. The first-order valence-electron chi connectivity index (χ1n) is 30.1. The normalized spacial score (nSPS) is 11.3. The number of hydrogen-bond acceptors (Lipinski definition) is 9. The second-order valence-electron chi connectivity index (χ2n) is 20.7. The Morgan fingerprint density at radius 3 is 0.947 bits per heavy atom. The second kappa shape index (κ2) is 62.4. The zero-order chi connectivity index (χ0) is 55.1. The van der Waals surface area contributed by atoms with Crippen molar-refractivity contribution < 1.29 is 98.8 Å². The average Bonchev–Trinajstić information content (AvgIpc) is 3.35. The number of rotatable bonds is 48. The molecule has 0 fully saturated rings. The molecule has 2 unspecified atom stereocenters. The first kappa shape index (κ1) is 80.6. The van der Waals surface area contributed by atoms with E-state index in [-0.39, 0.29) is 84.4 Å². The van der Waals surface area contributed by atoms with E-state index in [4.69, 9.17) is 32.4 Å². The molecule has 76 heavy (non-hydrogen) atoms. The van der Waals surface area contributed by atoms with Crippen LogP contribution in [-0.4, -0.2) is 54.1 Å². The van der Waals surface area contributed by atoms with Crippen LogP contribution in [0.3, 0.4) is 0 Å². The molecule has 17 heteroatoms. The molecule has 0 saturated heterocycles. The smallest absolute Gasteiger partial charge is 0.254 e. The van der Waals surface area contributed by atoms with Gasteiger partial charge in [0.1, 0.15) is 5.95 Å². The summed E-state index contributed by atoms with van der Waals surface area (Å²) in [7, 11) is 0. The van der Waals surface area contributed by atoms with Gasteiger partial charge < -0.3 is 47.4 Å². The van der Waals surface area contributed by atoms with Gasteiger partial charge in [-0.3, -0.25) is 24.0 Å². The predicted octanol–water partition coefficient (Wildman–Crippen LogP) is 20.7. The van der Waals surface area contributed by atoms with E-state index in [2.05, 4.69) is 42.4 Å². The van der Waals surface area contributed by atoms with Gasteiger partial charge in [-0.1, -0.05) is 259 Å². The number of hydrogen-bond donors (Lipinski definition) is 2. The standard InChI is InChI=1S/2C25H51NO2.C9H13N5O4.2Y/c2*1-3-5-7-9-11-13-14-16-18-20-22-24(23-28-25(26)27)21-19-17-15-12-10-8-6-4-2;1-4-5(2-3-18-8(11)17)6(15)13-9(12-4)14-7(10)16;;/h2*24H,3-23H2,1-2H3,(H2,26,27);2-3H2,1H3,(H6,10,11,12,13,14,15,16,17);;/p-4. The fourth-order valence-corrected chi connectivity index (χ4v) is 9.30. The minimum atomic E-state index is -1.17. The van der Waals surface area contributed by atoms with Crippen molar-refractivity contribution in [2.24, 2.45) is 11.8 Å². The minimum Gasteiger partial charge on any atom is -0.632 e. The molecule has 0 aromatic carbocycles. The second-order valence-corrected chi connectivity index (χ2v) is 20.7. The maximum absolute atomic E-state index is 11.6. The maximum Gasteiger partial charge on any atom is 0.254 e. The van der Waals surface area contributed by atoms with Crippen LogP contribution in [0.2, 0.25) is 0 Å². The zero-order valence-electron chi connectivity index (χ0n) is 49.1. The minimum absolute atomic E-state index is 0. The Labute approximate surface area is 514 Å². The number of aromatic nitrogens is 2. The molecule has 1 aromatic heterocycles. The van der Waals surface area contributed by atoms with E-state index in [0.717, 1.165) is 25.7 Å². The van der Waals surface area contributed by atoms with Gasteiger partial charge in [0.2, 0.25) is 18.3 Å². The third kappa shape index (κ3) is 59.8. The van der Waals surface area contributed by atoms with Gasteiger partial charge in [0.05, 0.1) is 19.8 Å². The molecule has 0 spiro atoms. The Morgan fingerprint density at radius 1 is 0.447 bits per heavy atom. The Hall–Kier alpha value is -1.83. The number of ether oxygens (including phenoxy) is 3. The predicted molar refractivity (Wildman–Crippen MR) is 308 cm³/mol. The Bertz CT molecular complexity index is 1460. The molecular weight excluding hydrogens is 1110 g/mol. The van der Waals surface area contributed by atoms with Gasteiger partial charge in [0.25, 0.3) is 5.56 Å². The molecule has 0 aliphatic carbocycles. The van der Waals surface area contributed by atoms with E-state index in [1.807, 2.05) is 5.32 Å². The fourth-order valence-electron chi connectivity index (χ4n) is 9.30. The zero-order valence-corrected chi connectivity index (χ0v) is 54.8. The van der Waals surface area contributed by atoms with Crippen molar-refractivity contribution in [2.45, 2.75) is 298 Å². The first-order valence-corrected chi connectivity index (χ1v) is 30.1. The van der Waals surface area contributed by atoms with Crippen molar-refractivity contribution in [1.29, 1.82) is 0 Å². The third-order valence-electron chi connectivity index (χ3n) is 13.8. The number of anilines is 1. The van der Waals surface area contributed by atoms with Gasteiger partial charge in [-0.15, -0.1) is 0 Å². The van der Waals surface area contributed by atoms with Crippen molar-refractivity contribution in [3.05, 3.63) is 44.5 Å². The van der Waals surface area contributed by atoms with Gasteiger partial charge in [0, 0.05) is 83.1 Å². The van der Waals surface area contributed by atoms with Crippen molar-refractivity contribution in [1.82, 2.24) is 9.97 Å². The van der Waals surface area contributed by atoms with E-state index in [1.165, 1.54) is 231 Å². The summed E-state index contributed by atoms with van der Waals surface area (Å²) in [6.07, 6.45) is 50.4. The molecule has 0 bridgehead atoms. The number of urea groups is 1. The van der Waals surface area contributed by atoms with E-state index in [1.54, 1.807) is 6.92 Å². The molecule has 1 aromatic rings. The Morgan fingerprint density at radius 2 is 0.711 bits per heavy atom. The summed E-state index contributed by atoms with van der Waals surface area (Å²) in [5.41, 5.74) is 27.3. The van der Waals surface area contributed by atoms with Crippen LogP contribution in [0.5, 0.6) is 0 Å². The monoisotopic (exact) mass is 1220 g/mol. The molecule has 0 saturated carbocycles. The number of H-pyrrole nitrogens is 1. The molecule has 5 amide bonds. The van der Waals surface area contributed by atoms with Gasteiger partial charge in [-0.2, -0.15) is 0 Å². The largest absolute Gasteiger partial charge is 0.632 e. The fraction of sp³-hybridized carbons (Fsp3) is 0.864. The third-order valence-corrected chi connectivity index (χ3v) is 13.8. The van der Waals surface area contributed by atoms with Crippen LogP contribution in [0.4, 0.5) is 25.1 Å². The number of nitrogens with zero attached hydrogens (tertiary/aromatic N) is 1. The Balaban J connectivity index is -0.000000517. The molecule has 1 heterocycles. The average molecular weight is 1220 g/mol. The SMILES string of the molecule is CCCCCCCCCCCCC(CCCCCCCCCC)COC([NH-])=O.CCCCCCCCCCCCC(CCCCCCCCCC)COC([NH-])=O.Cc1nc(NC([NH-])=O)[nH]c(=O)c1CCOC([NH-])=O.[Y].[Y]. The number of nitrogens with one attached hydrogen (secondary N) is 6. The molecule has 15 nitrogen and oxygen atoms in total. The quantitative estimate of drug-likeness (QED) is 0.0464. The topological polar surface area (TPSA) is 249 Å². The number of amides is 5. The van der Waals surface area contributed by atoms with Crippen molar-refractivity contribution in [3.63, 3.8) is 0 Å². The number of carbonyl (C=O) groups is 4. The van der Waals surface area contributed by atoms with E-state index in [9.17, 15) is 24.0 Å². The number of carbonyl (C=O) groups excluding carboxylic acids is 4. The van der Waals surface area contributed by atoms with Gasteiger partial charge >= 0.3 is 0 Å². The molecule has 1 rings (SSSR count). The molecule has 0 aliphatic rings. The van der Waals surface area contributed by atoms with E-state index >= 15 is 0 Å². The summed E-state index contributed by atoms with van der Waals surface area (Å²) in [4.78, 5) is 60.2. The van der Waals surface area contributed by atoms with Crippen LogP contribution in [0.25, 0.3) is 22.9 Å². The van der Waals surface area contributed by atoms with Gasteiger partial charge in [-0.05, 0) is 44.4 Å². The van der Waals surface area contributed by atoms with E-state index < -0.39 is 29.9 Å². The maximum atomic E-state index is 11.6. The van der Waals surface area contributed by atoms with Crippen LogP contribution >= 0.6 is 0 Å². The van der Waals surface area contributed by atoms with Gasteiger partial charge in [-0.25, -0.2) is 4.98 Å². The van der Waals surface area contributed by atoms with Crippen molar-refractivity contribution in [3.8, 4) is 0 Å². The summed E-state index contributed by atoms with van der Waals surface area (Å²) >= 11 is 0. The summed E-state index contributed by atoms with van der Waals surface area (Å²) in [5.74, 6) is 0.811. The molecular formula is C59H111N7O8Y2-4. The van der Waals surface area contributed by atoms with Crippen LogP contribution < -0.4 is 10.9 Å². The van der Waals surface area contributed by atoms with E-state index in [0.29, 0.717) is 36.3 Å².